The van der Waals surface area contributed by atoms with Crippen molar-refractivity contribution in [2.75, 3.05) is 12.9 Å². The van der Waals surface area contributed by atoms with Crippen LogP contribution in [0.4, 0.5) is 0 Å². The Morgan fingerprint density at radius 1 is 1.42 bits per heavy atom. The Labute approximate surface area is 116 Å². The molecule has 1 aliphatic heterocycles. The number of ether oxygens (including phenoxy) is 1. The first-order valence-corrected chi connectivity index (χ1v) is 6.97. The molecule has 1 amide bonds. The fourth-order valence-corrected chi connectivity index (χ4v) is 2.67. The zero-order chi connectivity index (χ0) is 13.7. The zero-order valence-corrected chi connectivity index (χ0v) is 11.4. The second-order valence-corrected chi connectivity index (χ2v) is 5.22. The van der Waals surface area contributed by atoms with E-state index < -0.39 is 0 Å². The summed E-state index contributed by atoms with van der Waals surface area (Å²) >= 11 is 1.27. The molecule has 1 heterocycles. The highest BCUT2D eigenvalue weighted by molar-refractivity contribution is 8.14. The maximum Gasteiger partial charge on any atom is 0.244 e. The van der Waals surface area contributed by atoms with Crippen LogP contribution in [0.3, 0.4) is 0 Å². The van der Waals surface area contributed by atoms with E-state index in [2.05, 4.69) is 5.32 Å². The van der Waals surface area contributed by atoms with Gasteiger partial charge in [-0.15, -0.1) is 0 Å². The van der Waals surface area contributed by atoms with Gasteiger partial charge in [-0.3, -0.25) is 9.59 Å². The lowest BCUT2D eigenvalue weighted by molar-refractivity contribution is -0.120. The van der Waals surface area contributed by atoms with E-state index in [1.54, 1.807) is 13.2 Å². The first-order chi connectivity index (χ1) is 9.19. The predicted octanol–water partition coefficient (Wildman–Crippen LogP) is 1.86. The van der Waals surface area contributed by atoms with Crippen LogP contribution in [0.15, 0.2) is 30.3 Å². The standard InChI is InChI=1S/C14H15NO3S/c1-18-11-5-2-10(3-6-11)4-7-13(16)15-12-8-9-19-14(12)17/h2-7,12H,8-9H2,1H3,(H,15,16). The van der Waals surface area contributed by atoms with Crippen LogP contribution in [0.2, 0.25) is 0 Å². The fraction of sp³-hybridized carbons (Fsp3) is 0.286. The Morgan fingerprint density at radius 2 is 2.16 bits per heavy atom. The molecule has 0 bridgehead atoms. The SMILES string of the molecule is COc1ccc(C=CC(=O)NC2CCSC2=O)cc1. The molecule has 1 aromatic carbocycles. The third-order valence-corrected chi connectivity index (χ3v) is 3.80. The Bertz CT molecular complexity index is 496. The van der Waals surface area contributed by atoms with Crippen LogP contribution < -0.4 is 10.1 Å². The molecule has 0 radical (unpaired) electrons. The zero-order valence-electron chi connectivity index (χ0n) is 10.6. The van der Waals surface area contributed by atoms with Crippen LogP contribution in [-0.4, -0.2) is 29.9 Å². The third-order valence-electron chi connectivity index (χ3n) is 2.79. The summed E-state index contributed by atoms with van der Waals surface area (Å²) in [6.45, 7) is 0. The van der Waals surface area contributed by atoms with Crippen molar-refractivity contribution in [1.82, 2.24) is 5.32 Å². The molecule has 1 aliphatic rings. The smallest absolute Gasteiger partial charge is 0.244 e. The van der Waals surface area contributed by atoms with Gasteiger partial charge in [0.15, 0.2) is 0 Å². The first-order valence-electron chi connectivity index (χ1n) is 5.98. The highest BCUT2D eigenvalue weighted by Crippen LogP contribution is 2.19. The fourth-order valence-electron chi connectivity index (χ4n) is 1.73. The number of carbonyl (C=O) groups is 2. The van der Waals surface area contributed by atoms with E-state index in [-0.39, 0.29) is 17.1 Å². The molecule has 100 valence electrons. The first kappa shape index (κ1) is 13.7. The van der Waals surface area contributed by atoms with Gasteiger partial charge in [-0.1, -0.05) is 23.9 Å². The lowest BCUT2D eigenvalue weighted by Gasteiger charge is -2.07. The molecule has 19 heavy (non-hydrogen) atoms. The van der Waals surface area contributed by atoms with Gasteiger partial charge in [0.05, 0.1) is 13.2 Å². The van der Waals surface area contributed by atoms with Gasteiger partial charge in [-0.2, -0.15) is 0 Å². The molecule has 1 fully saturated rings. The molecule has 1 saturated heterocycles. The Hall–Kier alpha value is -1.75. The van der Waals surface area contributed by atoms with Crippen molar-refractivity contribution in [1.29, 1.82) is 0 Å². The molecular weight excluding hydrogens is 262 g/mol. The van der Waals surface area contributed by atoms with E-state index in [4.69, 9.17) is 4.74 Å². The highest BCUT2D eigenvalue weighted by Gasteiger charge is 2.25. The van der Waals surface area contributed by atoms with Gasteiger partial charge in [-0.25, -0.2) is 0 Å². The second-order valence-electron chi connectivity index (χ2n) is 4.12. The molecule has 4 nitrogen and oxygen atoms in total. The maximum atomic E-state index is 11.7. The summed E-state index contributed by atoms with van der Waals surface area (Å²) in [6, 6.07) is 7.04. The van der Waals surface area contributed by atoms with E-state index in [1.807, 2.05) is 24.3 Å². The largest absolute Gasteiger partial charge is 0.497 e. The van der Waals surface area contributed by atoms with Crippen molar-refractivity contribution >= 4 is 28.9 Å². The van der Waals surface area contributed by atoms with Gasteiger partial charge in [0.2, 0.25) is 11.0 Å². The summed E-state index contributed by atoms with van der Waals surface area (Å²) < 4.78 is 5.05. The average molecular weight is 277 g/mol. The van der Waals surface area contributed by atoms with Gasteiger partial charge in [-0.05, 0) is 30.2 Å². The minimum absolute atomic E-state index is 0.0474. The van der Waals surface area contributed by atoms with Gasteiger partial charge in [0.25, 0.3) is 0 Å². The quantitative estimate of drug-likeness (QED) is 0.853. The molecule has 2 rings (SSSR count). The number of hydrogen-bond donors (Lipinski definition) is 1. The Morgan fingerprint density at radius 3 is 2.74 bits per heavy atom. The molecule has 0 aliphatic carbocycles. The van der Waals surface area contributed by atoms with Gasteiger partial charge in [0, 0.05) is 11.8 Å². The second kappa shape index (κ2) is 6.43. The Balaban J connectivity index is 1.90. The molecule has 0 saturated carbocycles. The maximum absolute atomic E-state index is 11.7. The van der Waals surface area contributed by atoms with Crippen LogP contribution in [-0.2, 0) is 9.59 Å². The summed E-state index contributed by atoms with van der Waals surface area (Å²) in [4.78, 5) is 23.0. The predicted molar refractivity (Wildman–Crippen MR) is 76.0 cm³/mol. The molecule has 1 N–H and O–H groups in total. The topological polar surface area (TPSA) is 55.4 Å². The molecule has 1 atom stereocenters. The van der Waals surface area contributed by atoms with Crippen LogP contribution >= 0.6 is 11.8 Å². The minimum atomic E-state index is -0.335. The minimum Gasteiger partial charge on any atom is -0.497 e. The summed E-state index contributed by atoms with van der Waals surface area (Å²) in [5.41, 5.74) is 0.906. The van der Waals surface area contributed by atoms with Crippen LogP contribution in [0.1, 0.15) is 12.0 Å². The molecule has 1 aromatic rings. The highest BCUT2D eigenvalue weighted by atomic mass is 32.2. The summed E-state index contributed by atoms with van der Waals surface area (Å²) in [5.74, 6) is 1.32. The monoisotopic (exact) mass is 277 g/mol. The number of methoxy groups -OCH3 is 1. The number of carbonyl (C=O) groups excluding carboxylic acids is 2. The van der Waals surface area contributed by atoms with Crippen LogP contribution in [0.5, 0.6) is 5.75 Å². The van der Waals surface area contributed by atoms with Gasteiger partial charge >= 0.3 is 0 Å². The number of benzene rings is 1. The molecule has 0 aromatic heterocycles. The van der Waals surface area contributed by atoms with E-state index >= 15 is 0 Å². The molecule has 1 unspecified atom stereocenters. The lowest BCUT2D eigenvalue weighted by Crippen LogP contribution is -2.35. The number of rotatable bonds is 4. The van der Waals surface area contributed by atoms with Crippen molar-refractivity contribution in [2.45, 2.75) is 12.5 Å². The lowest BCUT2D eigenvalue weighted by atomic mass is 10.2. The van der Waals surface area contributed by atoms with Crippen LogP contribution in [0, 0.1) is 0 Å². The van der Waals surface area contributed by atoms with E-state index in [1.165, 1.54) is 17.8 Å². The summed E-state index contributed by atoms with van der Waals surface area (Å²) in [7, 11) is 1.61. The average Bonchev–Trinajstić information content (AvgIpc) is 2.82. The van der Waals surface area contributed by atoms with E-state index in [9.17, 15) is 9.59 Å². The molecule has 5 heteroatoms. The van der Waals surface area contributed by atoms with Crippen molar-refractivity contribution < 1.29 is 14.3 Å². The Kier molecular flexibility index (Phi) is 4.63. The molecule has 0 spiro atoms. The van der Waals surface area contributed by atoms with Crippen LogP contribution in [0.25, 0.3) is 6.08 Å². The number of nitrogens with one attached hydrogen (secondary N) is 1. The molecular formula is C14H15NO3S. The third kappa shape index (κ3) is 3.86. The van der Waals surface area contributed by atoms with Crippen molar-refractivity contribution in [3.63, 3.8) is 0 Å². The normalized spacial score (nSPS) is 18.8. The summed E-state index contributed by atoms with van der Waals surface area (Å²) in [6.07, 6.45) is 3.87. The van der Waals surface area contributed by atoms with E-state index in [0.717, 1.165) is 17.1 Å². The van der Waals surface area contributed by atoms with Gasteiger partial charge < -0.3 is 10.1 Å². The summed E-state index contributed by atoms with van der Waals surface area (Å²) in [5, 5.41) is 2.75. The van der Waals surface area contributed by atoms with Gasteiger partial charge in [0.1, 0.15) is 5.75 Å². The number of amides is 1. The van der Waals surface area contributed by atoms with Crippen molar-refractivity contribution in [3.05, 3.63) is 35.9 Å². The number of hydrogen-bond acceptors (Lipinski definition) is 4. The number of thioether (sulfide) groups is 1. The van der Waals surface area contributed by atoms with Crippen molar-refractivity contribution in [2.24, 2.45) is 0 Å². The van der Waals surface area contributed by atoms with Crippen molar-refractivity contribution in [3.8, 4) is 5.75 Å². The van der Waals surface area contributed by atoms with E-state index in [0.29, 0.717) is 6.42 Å².